The third-order valence-electron chi connectivity index (χ3n) is 4.24. The van der Waals surface area contributed by atoms with Crippen molar-refractivity contribution in [2.45, 2.75) is 44.6 Å². The van der Waals surface area contributed by atoms with Gasteiger partial charge in [0.15, 0.2) is 0 Å². The Labute approximate surface area is 136 Å². The molecule has 1 rings (SSSR count). The number of benzene rings is 1. The number of carboxylic acid groups (broad SMARTS) is 2. The molecule has 0 fully saturated rings. The summed E-state index contributed by atoms with van der Waals surface area (Å²) in [6.07, 6.45) is -0.801. The maximum Gasteiger partial charge on any atom is 0.313 e. The average Bonchev–Trinajstić information content (AvgIpc) is 2.46. The monoisotopic (exact) mass is 323 g/mol. The van der Waals surface area contributed by atoms with Crippen molar-refractivity contribution < 1.29 is 24.9 Å². The van der Waals surface area contributed by atoms with Crippen LogP contribution in [0.1, 0.15) is 50.5 Å². The Morgan fingerprint density at radius 3 is 1.96 bits per heavy atom. The van der Waals surface area contributed by atoms with Gasteiger partial charge in [-0.15, -0.1) is 0 Å². The Balaban J connectivity index is 3.60. The molecule has 23 heavy (non-hydrogen) atoms. The maximum atomic E-state index is 11.7. The van der Waals surface area contributed by atoms with Crippen molar-refractivity contribution in [1.29, 1.82) is 0 Å². The van der Waals surface area contributed by atoms with Gasteiger partial charge in [-0.05, 0) is 51.4 Å². The zero-order valence-electron chi connectivity index (χ0n) is 14.2. The zero-order valence-corrected chi connectivity index (χ0v) is 14.2. The zero-order chi connectivity index (χ0) is 18.0. The van der Waals surface area contributed by atoms with Crippen molar-refractivity contribution in [3.63, 3.8) is 0 Å². The third-order valence-corrected chi connectivity index (χ3v) is 4.24. The topological polar surface area (TPSA) is 107 Å². The highest BCUT2D eigenvalue weighted by atomic mass is 16.4. The average molecular weight is 323 g/mol. The minimum atomic E-state index is -1.28. The van der Waals surface area contributed by atoms with Gasteiger partial charge >= 0.3 is 11.9 Å². The third kappa shape index (κ3) is 3.71. The van der Waals surface area contributed by atoms with E-state index in [-0.39, 0.29) is 0 Å². The lowest BCUT2D eigenvalue weighted by Gasteiger charge is -2.30. The minimum Gasteiger partial charge on any atom is -0.481 e. The first-order chi connectivity index (χ1) is 10.5. The van der Waals surface area contributed by atoms with Gasteiger partial charge in [0, 0.05) is 6.54 Å². The van der Waals surface area contributed by atoms with E-state index in [2.05, 4.69) is 5.32 Å². The molecule has 1 aromatic rings. The van der Waals surface area contributed by atoms with Crippen molar-refractivity contribution in [1.82, 2.24) is 5.32 Å². The van der Waals surface area contributed by atoms with Crippen LogP contribution >= 0.6 is 0 Å². The van der Waals surface area contributed by atoms with Gasteiger partial charge < -0.3 is 20.6 Å². The van der Waals surface area contributed by atoms with Crippen LogP contribution in [0.25, 0.3) is 0 Å². The van der Waals surface area contributed by atoms with Crippen LogP contribution < -0.4 is 5.32 Å². The highest BCUT2D eigenvalue weighted by Crippen LogP contribution is 2.36. The standard InChI is InChI=1S/C17H25NO5/c1-16(2,14(20)21)11-7-6-10(13(19)9-18-5)8-12(11)17(3,4)15(22)23/h6-8,13,18-19H,9H2,1-5H3,(H,20,21)(H,22,23). The van der Waals surface area contributed by atoms with E-state index in [0.29, 0.717) is 23.2 Å². The summed E-state index contributed by atoms with van der Waals surface area (Å²) in [5.41, 5.74) is -1.15. The number of carbonyl (C=O) groups is 2. The first-order valence-corrected chi connectivity index (χ1v) is 7.40. The van der Waals surface area contributed by atoms with E-state index in [1.807, 2.05) is 0 Å². The van der Waals surface area contributed by atoms with E-state index in [9.17, 15) is 24.9 Å². The molecule has 0 bridgehead atoms. The summed E-state index contributed by atoms with van der Waals surface area (Å²) >= 11 is 0. The highest BCUT2D eigenvalue weighted by molar-refractivity contribution is 5.85. The number of hydrogen-bond donors (Lipinski definition) is 4. The second kappa shape index (κ2) is 6.68. The van der Waals surface area contributed by atoms with Crippen molar-refractivity contribution in [2.24, 2.45) is 0 Å². The first kappa shape index (κ1) is 19.1. The second-order valence-electron chi connectivity index (χ2n) is 6.74. The number of aliphatic hydroxyl groups is 1. The number of carboxylic acids is 2. The van der Waals surface area contributed by atoms with Crippen LogP contribution in [0.5, 0.6) is 0 Å². The van der Waals surface area contributed by atoms with Gasteiger partial charge in [0.25, 0.3) is 0 Å². The number of rotatable bonds is 7. The molecule has 6 heteroatoms. The number of aliphatic hydroxyl groups excluding tert-OH is 1. The summed E-state index contributed by atoms with van der Waals surface area (Å²) in [7, 11) is 1.70. The molecule has 0 saturated heterocycles. The molecule has 128 valence electrons. The fourth-order valence-corrected chi connectivity index (χ4v) is 2.37. The molecule has 0 heterocycles. The van der Waals surface area contributed by atoms with E-state index in [4.69, 9.17) is 0 Å². The van der Waals surface area contributed by atoms with Crippen LogP contribution in [0.2, 0.25) is 0 Å². The molecule has 4 N–H and O–H groups in total. The smallest absolute Gasteiger partial charge is 0.313 e. The van der Waals surface area contributed by atoms with E-state index in [0.717, 1.165) is 0 Å². The summed E-state index contributed by atoms with van der Waals surface area (Å²) in [5.74, 6) is -2.09. The summed E-state index contributed by atoms with van der Waals surface area (Å²) in [6.45, 7) is 6.45. The van der Waals surface area contributed by atoms with Gasteiger partial charge in [0.2, 0.25) is 0 Å². The summed E-state index contributed by atoms with van der Waals surface area (Å²) < 4.78 is 0. The van der Waals surface area contributed by atoms with Crippen LogP contribution in [0, 0.1) is 0 Å². The fraction of sp³-hybridized carbons (Fsp3) is 0.529. The molecule has 0 saturated carbocycles. The number of likely N-dealkylation sites (N-methyl/N-ethyl adjacent to an activating group) is 1. The molecule has 0 amide bonds. The number of aliphatic carboxylic acids is 2. The van der Waals surface area contributed by atoms with E-state index < -0.39 is 28.9 Å². The predicted octanol–water partition coefficient (Wildman–Crippen LogP) is 1.66. The van der Waals surface area contributed by atoms with Gasteiger partial charge in [-0.1, -0.05) is 18.2 Å². The molecule has 1 atom stereocenters. The molecular weight excluding hydrogens is 298 g/mol. The van der Waals surface area contributed by atoms with Crippen LogP contribution in [-0.2, 0) is 20.4 Å². The van der Waals surface area contributed by atoms with Gasteiger partial charge in [-0.3, -0.25) is 9.59 Å². The molecule has 0 aromatic heterocycles. The molecule has 1 aromatic carbocycles. The van der Waals surface area contributed by atoms with Crippen LogP contribution in [0.15, 0.2) is 18.2 Å². The lowest BCUT2D eigenvalue weighted by atomic mass is 9.72. The minimum absolute atomic E-state index is 0.314. The normalized spacial score (nSPS) is 13.7. The van der Waals surface area contributed by atoms with Gasteiger partial charge in [-0.2, -0.15) is 0 Å². The van der Waals surface area contributed by atoms with Crippen LogP contribution in [-0.4, -0.2) is 40.9 Å². The predicted molar refractivity (Wildman–Crippen MR) is 86.7 cm³/mol. The van der Waals surface area contributed by atoms with Gasteiger partial charge in [-0.25, -0.2) is 0 Å². The maximum absolute atomic E-state index is 11.7. The Morgan fingerprint density at radius 2 is 1.52 bits per heavy atom. The van der Waals surface area contributed by atoms with Gasteiger partial charge in [0.05, 0.1) is 16.9 Å². The van der Waals surface area contributed by atoms with Crippen molar-refractivity contribution in [3.05, 3.63) is 34.9 Å². The fourth-order valence-electron chi connectivity index (χ4n) is 2.37. The molecule has 1 unspecified atom stereocenters. The second-order valence-corrected chi connectivity index (χ2v) is 6.74. The Bertz CT molecular complexity index is 607. The van der Waals surface area contributed by atoms with Gasteiger partial charge in [0.1, 0.15) is 0 Å². The highest BCUT2D eigenvalue weighted by Gasteiger charge is 2.39. The first-order valence-electron chi connectivity index (χ1n) is 7.40. The molecule has 6 nitrogen and oxygen atoms in total. The lowest BCUT2D eigenvalue weighted by Crippen LogP contribution is -2.36. The molecular formula is C17H25NO5. The van der Waals surface area contributed by atoms with E-state index in [1.165, 1.54) is 27.7 Å². The Kier molecular flexibility index (Phi) is 5.56. The van der Waals surface area contributed by atoms with Crippen LogP contribution in [0.3, 0.4) is 0 Å². The largest absolute Gasteiger partial charge is 0.481 e. The molecule has 0 spiro atoms. The summed E-state index contributed by atoms with van der Waals surface area (Å²) in [4.78, 5) is 23.2. The number of nitrogens with one attached hydrogen (secondary N) is 1. The molecule has 0 aliphatic carbocycles. The number of hydrogen-bond acceptors (Lipinski definition) is 4. The van der Waals surface area contributed by atoms with Crippen molar-refractivity contribution in [2.75, 3.05) is 13.6 Å². The lowest BCUT2D eigenvalue weighted by molar-refractivity contribution is -0.144. The van der Waals surface area contributed by atoms with Crippen molar-refractivity contribution in [3.8, 4) is 0 Å². The Hall–Kier alpha value is -1.92. The summed E-state index contributed by atoms with van der Waals surface area (Å²) in [5, 5.41) is 32.0. The Morgan fingerprint density at radius 1 is 1.04 bits per heavy atom. The van der Waals surface area contributed by atoms with Crippen LogP contribution in [0.4, 0.5) is 0 Å². The quantitative estimate of drug-likeness (QED) is 0.608. The molecule has 0 aliphatic heterocycles. The van der Waals surface area contributed by atoms with E-state index in [1.54, 1.807) is 25.2 Å². The molecule has 0 radical (unpaired) electrons. The molecule has 0 aliphatic rings. The van der Waals surface area contributed by atoms with Crippen molar-refractivity contribution >= 4 is 11.9 Å². The SMILES string of the molecule is CNCC(O)c1ccc(C(C)(C)C(=O)O)c(C(C)(C)C(=O)O)c1. The summed E-state index contributed by atoms with van der Waals surface area (Å²) in [6, 6.07) is 4.84. The van der Waals surface area contributed by atoms with E-state index >= 15 is 0 Å².